The number of hydrogen-bond acceptors (Lipinski definition) is 6. The highest BCUT2D eigenvalue weighted by Crippen LogP contribution is 2.06. The molecule has 4 amide bonds. The lowest BCUT2D eigenvalue weighted by atomic mass is 10.0. The Morgan fingerprint density at radius 2 is 1.39 bits per heavy atom. The van der Waals surface area contributed by atoms with Crippen LogP contribution in [0.2, 0.25) is 0 Å². The summed E-state index contributed by atoms with van der Waals surface area (Å²) in [4.78, 5) is 58.3. The van der Waals surface area contributed by atoms with Crippen molar-refractivity contribution in [2.24, 2.45) is 17.4 Å². The Bertz CT molecular complexity index is 595. The standard InChI is InChI=1S/C17H31N5O6/c1-8(2)7-12(16(26)21-10(4)17(27)28)22-14(24)9(3)20-15(25)11(18)5-6-13(19)23/h8-12H,5-7,18H2,1-4H3,(H2,19,23)(H,20,25)(H,21,26)(H,22,24)(H,27,28). The molecule has 0 aliphatic carbocycles. The zero-order valence-electron chi connectivity index (χ0n) is 16.7. The summed E-state index contributed by atoms with van der Waals surface area (Å²) in [6.45, 7) is 6.41. The molecule has 4 unspecified atom stereocenters. The third-order valence-electron chi connectivity index (χ3n) is 3.86. The summed E-state index contributed by atoms with van der Waals surface area (Å²) in [7, 11) is 0. The number of amides is 4. The maximum Gasteiger partial charge on any atom is 0.325 e. The third kappa shape index (κ3) is 9.86. The molecule has 8 N–H and O–H groups in total. The van der Waals surface area contributed by atoms with Gasteiger partial charge in [0.25, 0.3) is 0 Å². The molecule has 11 heteroatoms. The summed E-state index contributed by atoms with van der Waals surface area (Å²) in [5.41, 5.74) is 10.6. The second kappa shape index (κ2) is 11.9. The molecule has 0 spiro atoms. The van der Waals surface area contributed by atoms with E-state index in [4.69, 9.17) is 16.6 Å². The Labute approximate surface area is 164 Å². The van der Waals surface area contributed by atoms with Crippen molar-refractivity contribution >= 4 is 29.6 Å². The van der Waals surface area contributed by atoms with Gasteiger partial charge in [0.2, 0.25) is 23.6 Å². The zero-order chi connectivity index (χ0) is 22.0. The largest absolute Gasteiger partial charge is 0.480 e. The highest BCUT2D eigenvalue weighted by molar-refractivity contribution is 5.93. The SMILES string of the molecule is CC(C)CC(NC(=O)C(C)NC(=O)C(N)CCC(N)=O)C(=O)NC(C)C(=O)O. The van der Waals surface area contributed by atoms with Gasteiger partial charge >= 0.3 is 5.97 Å². The lowest BCUT2D eigenvalue weighted by molar-refractivity contribution is -0.142. The maximum atomic E-state index is 12.3. The van der Waals surface area contributed by atoms with E-state index in [1.807, 2.05) is 13.8 Å². The van der Waals surface area contributed by atoms with Gasteiger partial charge in [-0.15, -0.1) is 0 Å². The third-order valence-corrected chi connectivity index (χ3v) is 3.86. The molecule has 11 nitrogen and oxygen atoms in total. The van der Waals surface area contributed by atoms with Gasteiger partial charge in [-0.3, -0.25) is 24.0 Å². The summed E-state index contributed by atoms with van der Waals surface area (Å²) >= 11 is 0. The second-order valence-corrected chi connectivity index (χ2v) is 7.10. The molecule has 0 saturated carbocycles. The average molecular weight is 401 g/mol. The molecule has 28 heavy (non-hydrogen) atoms. The molecule has 160 valence electrons. The van der Waals surface area contributed by atoms with E-state index in [0.29, 0.717) is 0 Å². The van der Waals surface area contributed by atoms with Gasteiger partial charge in [0.1, 0.15) is 18.1 Å². The number of aliphatic carboxylic acids is 1. The van der Waals surface area contributed by atoms with Crippen LogP contribution in [0.1, 0.15) is 47.0 Å². The number of carbonyl (C=O) groups is 5. The molecule has 4 atom stereocenters. The Balaban J connectivity index is 4.87. The van der Waals surface area contributed by atoms with Crippen LogP contribution in [0, 0.1) is 5.92 Å². The number of nitrogens with one attached hydrogen (secondary N) is 3. The number of carboxylic acid groups (broad SMARTS) is 1. The summed E-state index contributed by atoms with van der Waals surface area (Å²) in [5, 5.41) is 16.1. The van der Waals surface area contributed by atoms with Crippen LogP contribution in [-0.4, -0.2) is 58.9 Å². The van der Waals surface area contributed by atoms with Crippen LogP contribution >= 0.6 is 0 Å². The first-order valence-corrected chi connectivity index (χ1v) is 9.02. The number of primary amides is 1. The minimum absolute atomic E-state index is 0.0426. The van der Waals surface area contributed by atoms with Crippen molar-refractivity contribution in [1.82, 2.24) is 16.0 Å². The molecule has 0 fully saturated rings. The van der Waals surface area contributed by atoms with Gasteiger partial charge in [-0.1, -0.05) is 13.8 Å². The fourth-order valence-corrected chi connectivity index (χ4v) is 2.19. The number of carbonyl (C=O) groups excluding carboxylic acids is 4. The lowest BCUT2D eigenvalue weighted by Gasteiger charge is -2.24. The molecule has 0 bridgehead atoms. The van der Waals surface area contributed by atoms with Gasteiger partial charge in [0.05, 0.1) is 6.04 Å². The van der Waals surface area contributed by atoms with Gasteiger partial charge in [-0.2, -0.15) is 0 Å². The first kappa shape index (κ1) is 25.3. The normalized spacial score (nSPS) is 15.1. The van der Waals surface area contributed by atoms with Crippen LogP contribution in [0.25, 0.3) is 0 Å². The smallest absolute Gasteiger partial charge is 0.325 e. The average Bonchev–Trinajstić information content (AvgIpc) is 2.57. The Morgan fingerprint density at radius 1 is 0.857 bits per heavy atom. The zero-order valence-corrected chi connectivity index (χ0v) is 16.7. The van der Waals surface area contributed by atoms with E-state index in [1.165, 1.54) is 13.8 Å². The quantitative estimate of drug-likeness (QED) is 0.222. The van der Waals surface area contributed by atoms with Gasteiger partial charge in [-0.05, 0) is 32.6 Å². The fourth-order valence-electron chi connectivity index (χ4n) is 2.19. The van der Waals surface area contributed by atoms with E-state index in [-0.39, 0.29) is 25.2 Å². The number of rotatable bonds is 12. The van der Waals surface area contributed by atoms with Crippen molar-refractivity contribution in [1.29, 1.82) is 0 Å². The lowest BCUT2D eigenvalue weighted by Crippen LogP contribution is -2.56. The predicted octanol–water partition coefficient (Wildman–Crippen LogP) is -1.80. The van der Waals surface area contributed by atoms with Gasteiger partial charge in [-0.25, -0.2) is 0 Å². The summed E-state index contributed by atoms with van der Waals surface area (Å²) in [6.07, 6.45) is 0.261. The molecule has 0 heterocycles. The molecule has 0 radical (unpaired) electrons. The monoisotopic (exact) mass is 401 g/mol. The van der Waals surface area contributed by atoms with Crippen molar-refractivity contribution in [3.05, 3.63) is 0 Å². The van der Waals surface area contributed by atoms with Crippen LogP contribution in [0.5, 0.6) is 0 Å². The van der Waals surface area contributed by atoms with Crippen molar-refractivity contribution in [2.75, 3.05) is 0 Å². The molecule has 0 aliphatic rings. The van der Waals surface area contributed by atoms with Crippen LogP contribution in [0.4, 0.5) is 0 Å². The van der Waals surface area contributed by atoms with E-state index in [1.54, 1.807) is 0 Å². The minimum atomic E-state index is -1.20. The van der Waals surface area contributed by atoms with E-state index >= 15 is 0 Å². The molecular weight excluding hydrogens is 370 g/mol. The first-order chi connectivity index (χ1) is 12.8. The molecule has 0 aromatic rings. The van der Waals surface area contributed by atoms with Crippen LogP contribution in [0.15, 0.2) is 0 Å². The molecule has 0 aromatic heterocycles. The topological polar surface area (TPSA) is 194 Å². The van der Waals surface area contributed by atoms with E-state index in [9.17, 15) is 24.0 Å². The van der Waals surface area contributed by atoms with E-state index in [0.717, 1.165) is 0 Å². The van der Waals surface area contributed by atoms with Crippen molar-refractivity contribution < 1.29 is 29.1 Å². The summed E-state index contributed by atoms with van der Waals surface area (Å²) in [6, 6.07) is -4.07. The van der Waals surface area contributed by atoms with Gasteiger partial charge < -0.3 is 32.5 Å². The Kier molecular flexibility index (Phi) is 10.8. The van der Waals surface area contributed by atoms with Crippen molar-refractivity contribution in [3.63, 3.8) is 0 Å². The van der Waals surface area contributed by atoms with Crippen molar-refractivity contribution in [2.45, 2.75) is 71.1 Å². The van der Waals surface area contributed by atoms with Crippen LogP contribution in [-0.2, 0) is 24.0 Å². The molecule has 0 aromatic carbocycles. The number of carboxylic acids is 1. The van der Waals surface area contributed by atoms with Crippen LogP contribution in [0.3, 0.4) is 0 Å². The van der Waals surface area contributed by atoms with E-state index in [2.05, 4.69) is 16.0 Å². The molecule has 0 aliphatic heterocycles. The summed E-state index contributed by atoms with van der Waals surface area (Å²) < 4.78 is 0. The van der Waals surface area contributed by atoms with Gasteiger partial charge in [0.15, 0.2) is 0 Å². The maximum absolute atomic E-state index is 12.3. The fraction of sp³-hybridized carbons (Fsp3) is 0.706. The predicted molar refractivity (Wildman–Crippen MR) is 101 cm³/mol. The first-order valence-electron chi connectivity index (χ1n) is 9.02. The Hall–Kier alpha value is -2.69. The minimum Gasteiger partial charge on any atom is -0.480 e. The number of nitrogens with two attached hydrogens (primary N) is 2. The second-order valence-electron chi connectivity index (χ2n) is 7.10. The Morgan fingerprint density at radius 3 is 1.86 bits per heavy atom. The number of hydrogen-bond donors (Lipinski definition) is 6. The molecule has 0 rings (SSSR count). The molecular formula is C17H31N5O6. The van der Waals surface area contributed by atoms with Gasteiger partial charge in [0, 0.05) is 6.42 Å². The summed E-state index contributed by atoms with van der Waals surface area (Å²) in [5.74, 6) is -3.63. The van der Waals surface area contributed by atoms with Crippen LogP contribution < -0.4 is 27.4 Å². The van der Waals surface area contributed by atoms with Crippen molar-refractivity contribution in [3.8, 4) is 0 Å². The highest BCUT2D eigenvalue weighted by atomic mass is 16.4. The molecule has 0 saturated heterocycles. The highest BCUT2D eigenvalue weighted by Gasteiger charge is 2.27. The van der Waals surface area contributed by atoms with E-state index < -0.39 is 53.8 Å².